The van der Waals surface area contributed by atoms with Gasteiger partial charge in [0.05, 0.1) is 5.52 Å². The van der Waals surface area contributed by atoms with Crippen LogP contribution in [0.5, 0.6) is 0 Å². The lowest BCUT2D eigenvalue weighted by molar-refractivity contribution is 0.851. The van der Waals surface area contributed by atoms with Crippen LogP contribution >= 0.6 is 27.7 Å². The minimum absolute atomic E-state index is 0.954. The van der Waals surface area contributed by atoms with E-state index in [-0.39, 0.29) is 0 Å². The van der Waals surface area contributed by atoms with E-state index in [1.807, 2.05) is 22.9 Å². The monoisotopic (exact) mass is 243 g/mol. The van der Waals surface area contributed by atoms with Gasteiger partial charge in [0.15, 0.2) is 0 Å². The fraction of sp³-hybridized carbons (Fsp3) is 0.143. The van der Waals surface area contributed by atoms with Crippen molar-refractivity contribution in [1.82, 2.24) is 14.6 Å². The van der Waals surface area contributed by atoms with Crippen LogP contribution in [0.4, 0.5) is 0 Å². The van der Waals surface area contributed by atoms with Crippen LogP contribution in [0.15, 0.2) is 28.1 Å². The van der Waals surface area contributed by atoms with Gasteiger partial charge in [0, 0.05) is 0 Å². The zero-order valence-corrected chi connectivity index (χ0v) is 8.76. The van der Waals surface area contributed by atoms with Gasteiger partial charge in [-0.25, -0.2) is 9.50 Å². The summed E-state index contributed by atoms with van der Waals surface area (Å²) in [5.74, 6) is 0. The molecule has 2 aromatic rings. The standard InChI is InChI=1S/C7H6BrN3S/c1-12-7-5-2-3-6(8)11(5)10-4-9-7/h2-4H,1H3. The summed E-state index contributed by atoms with van der Waals surface area (Å²) in [4.78, 5) is 4.15. The van der Waals surface area contributed by atoms with E-state index in [9.17, 15) is 0 Å². The van der Waals surface area contributed by atoms with Gasteiger partial charge in [-0.15, -0.1) is 11.8 Å². The molecule has 0 radical (unpaired) electrons. The maximum Gasteiger partial charge on any atom is 0.137 e. The van der Waals surface area contributed by atoms with Crippen molar-refractivity contribution in [2.75, 3.05) is 6.26 Å². The van der Waals surface area contributed by atoms with E-state index in [0.717, 1.165) is 15.1 Å². The molecule has 0 aromatic carbocycles. The van der Waals surface area contributed by atoms with Crippen LogP contribution in [0.25, 0.3) is 5.52 Å². The minimum atomic E-state index is 0.954. The highest BCUT2D eigenvalue weighted by atomic mass is 79.9. The van der Waals surface area contributed by atoms with Gasteiger partial charge < -0.3 is 0 Å². The number of fused-ring (bicyclic) bond motifs is 1. The van der Waals surface area contributed by atoms with Crippen LogP contribution in [0.3, 0.4) is 0 Å². The Morgan fingerprint density at radius 1 is 1.50 bits per heavy atom. The SMILES string of the molecule is CSc1ncnn2c(Br)ccc12. The van der Waals surface area contributed by atoms with Gasteiger partial charge in [0.1, 0.15) is 16.0 Å². The first kappa shape index (κ1) is 8.07. The minimum Gasteiger partial charge on any atom is -0.226 e. The van der Waals surface area contributed by atoms with E-state index in [2.05, 4.69) is 26.0 Å². The van der Waals surface area contributed by atoms with E-state index in [1.54, 1.807) is 18.1 Å². The van der Waals surface area contributed by atoms with Crippen molar-refractivity contribution in [2.24, 2.45) is 0 Å². The summed E-state index contributed by atoms with van der Waals surface area (Å²) in [6, 6.07) is 3.96. The predicted molar refractivity (Wildman–Crippen MR) is 52.5 cm³/mol. The Morgan fingerprint density at radius 2 is 2.33 bits per heavy atom. The molecule has 0 atom stereocenters. The van der Waals surface area contributed by atoms with Crippen molar-refractivity contribution < 1.29 is 0 Å². The molecule has 0 spiro atoms. The predicted octanol–water partition coefficient (Wildman–Crippen LogP) is 2.21. The van der Waals surface area contributed by atoms with E-state index >= 15 is 0 Å². The van der Waals surface area contributed by atoms with Gasteiger partial charge in [-0.3, -0.25) is 0 Å². The Labute approximate surface area is 82.3 Å². The van der Waals surface area contributed by atoms with Crippen LogP contribution in [0.2, 0.25) is 0 Å². The fourth-order valence-corrected chi connectivity index (χ4v) is 1.97. The Kier molecular flexibility index (Phi) is 2.06. The number of halogens is 1. The summed E-state index contributed by atoms with van der Waals surface area (Å²) in [6.07, 6.45) is 3.56. The molecule has 0 saturated heterocycles. The Hall–Kier alpha value is -0.550. The molecule has 2 aromatic heterocycles. The average molecular weight is 244 g/mol. The largest absolute Gasteiger partial charge is 0.226 e. The second-order valence-corrected chi connectivity index (χ2v) is 3.83. The molecule has 0 aliphatic rings. The summed E-state index contributed by atoms with van der Waals surface area (Å²) >= 11 is 5.01. The molecule has 0 aliphatic carbocycles. The van der Waals surface area contributed by atoms with E-state index < -0.39 is 0 Å². The first-order valence-corrected chi connectivity index (χ1v) is 5.37. The highest BCUT2D eigenvalue weighted by molar-refractivity contribution is 9.10. The number of hydrogen-bond acceptors (Lipinski definition) is 3. The van der Waals surface area contributed by atoms with Crippen molar-refractivity contribution in [2.45, 2.75) is 5.03 Å². The maximum atomic E-state index is 4.15. The van der Waals surface area contributed by atoms with Crippen molar-refractivity contribution >= 4 is 33.2 Å². The summed E-state index contributed by atoms with van der Waals surface area (Å²) in [5.41, 5.74) is 1.04. The lowest BCUT2D eigenvalue weighted by atomic mass is 10.5. The molecule has 5 heteroatoms. The second-order valence-electron chi connectivity index (χ2n) is 2.22. The van der Waals surface area contributed by atoms with Crippen LogP contribution < -0.4 is 0 Å². The summed E-state index contributed by atoms with van der Waals surface area (Å²) in [7, 11) is 0. The molecule has 3 nitrogen and oxygen atoms in total. The molecule has 0 aliphatic heterocycles. The molecule has 62 valence electrons. The van der Waals surface area contributed by atoms with Crippen LogP contribution in [-0.2, 0) is 0 Å². The second kappa shape index (κ2) is 3.06. The molecule has 0 unspecified atom stereocenters. The third-order valence-electron chi connectivity index (χ3n) is 1.56. The molecule has 0 fully saturated rings. The van der Waals surface area contributed by atoms with Gasteiger partial charge in [-0.05, 0) is 34.3 Å². The summed E-state index contributed by atoms with van der Waals surface area (Å²) in [6.45, 7) is 0. The van der Waals surface area contributed by atoms with Gasteiger partial charge in [-0.1, -0.05) is 0 Å². The molecule has 0 saturated carbocycles. The zero-order valence-electron chi connectivity index (χ0n) is 6.36. The molecule has 0 amide bonds. The zero-order chi connectivity index (χ0) is 8.55. The van der Waals surface area contributed by atoms with Gasteiger partial charge in [0.2, 0.25) is 0 Å². The average Bonchev–Trinajstić information content (AvgIpc) is 2.48. The van der Waals surface area contributed by atoms with Gasteiger partial charge in [-0.2, -0.15) is 5.10 Å². The van der Waals surface area contributed by atoms with Crippen molar-refractivity contribution in [3.63, 3.8) is 0 Å². The number of rotatable bonds is 1. The number of aromatic nitrogens is 3. The smallest absolute Gasteiger partial charge is 0.137 e. The summed E-state index contributed by atoms with van der Waals surface area (Å²) < 4.78 is 2.77. The molecular weight excluding hydrogens is 238 g/mol. The van der Waals surface area contributed by atoms with Crippen molar-refractivity contribution in [3.8, 4) is 0 Å². The van der Waals surface area contributed by atoms with Gasteiger partial charge >= 0.3 is 0 Å². The Bertz CT molecular complexity index is 412. The van der Waals surface area contributed by atoms with Crippen molar-refractivity contribution in [1.29, 1.82) is 0 Å². The number of hydrogen-bond donors (Lipinski definition) is 0. The van der Waals surface area contributed by atoms with E-state index in [0.29, 0.717) is 0 Å². The number of thioether (sulfide) groups is 1. The Balaban J connectivity index is 2.81. The van der Waals surface area contributed by atoms with E-state index in [4.69, 9.17) is 0 Å². The Morgan fingerprint density at radius 3 is 3.08 bits per heavy atom. The quantitative estimate of drug-likeness (QED) is 0.720. The van der Waals surface area contributed by atoms with Crippen LogP contribution in [0, 0.1) is 0 Å². The molecule has 2 rings (SSSR count). The summed E-state index contributed by atoms with van der Waals surface area (Å²) in [5, 5.41) is 5.09. The number of nitrogens with zero attached hydrogens (tertiary/aromatic N) is 3. The fourth-order valence-electron chi connectivity index (χ4n) is 1.04. The topological polar surface area (TPSA) is 30.2 Å². The van der Waals surface area contributed by atoms with E-state index in [1.165, 1.54) is 0 Å². The molecule has 2 heterocycles. The van der Waals surface area contributed by atoms with Gasteiger partial charge in [0.25, 0.3) is 0 Å². The maximum absolute atomic E-state index is 4.15. The third-order valence-corrected chi connectivity index (χ3v) is 2.87. The lowest BCUT2D eigenvalue weighted by Crippen LogP contribution is -1.93. The molecule has 12 heavy (non-hydrogen) atoms. The molecule has 0 N–H and O–H groups in total. The molecular formula is C7H6BrN3S. The third kappa shape index (κ3) is 1.13. The highest BCUT2D eigenvalue weighted by Gasteiger charge is 2.03. The highest BCUT2D eigenvalue weighted by Crippen LogP contribution is 2.21. The first-order chi connectivity index (χ1) is 5.83. The first-order valence-electron chi connectivity index (χ1n) is 3.35. The molecule has 0 bridgehead atoms. The van der Waals surface area contributed by atoms with Crippen molar-refractivity contribution in [3.05, 3.63) is 23.1 Å². The lowest BCUT2D eigenvalue weighted by Gasteiger charge is -1.98. The van der Waals surface area contributed by atoms with Crippen LogP contribution in [0.1, 0.15) is 0 Å². The normalized spacial score (nSPS) is 10.8. The van der Waals surface area contributed by atoms with Crippen LogP contribution in [-0.4, -0.2) is 20.9 Å².